The Kier molecular flexibility index (Phi) is 8.60. The smallest absolute Gasteiger partial charge is 0.311 e. The van der Waals surface area contributed by atoms with Crippen LogP contribution < -0.4 is 0 Å². The highest BCUT2D eigenvalue weighted by molar-refractivity contribution is 5.80. The Hall–Kier alpha value is -1.60. The third kappa shape index (κ3) is 4.69. The van der Waals surface area contributed by atoms with Crippen molar-refractivity contribution in [2.45, 2.75) is 129 Å². The summed E-state index contributed by atoms with van der Waals surface area (Å²) in [5.74, 6) is -1.29. The van der Waals surface area contributed by atoms with E-state index in [9.17, 15) is 40.2 Å². The minimum atomic E-state index is -1.51. The van der Waals surface area contributed by atoms with E-state index in [1.807, 2.05) is 13.8 Å². The summed E-state index contributed by atoms with van der Waals surface area (Å²) in [5.41, 5.74) is -2.39. The van der Waals surface area contributed by atoms with Crippen molar-refractivity contribution < 1.29 is 54.4 Å². The van der Waals surface area contributed by atoms with Gasteiger partial charge >= 0.3 is 11.9 Å². The van der Waals surface area contributed by atoms with Crippen molar-refractivity contribution in [2.75, 3.05) is 20.3 Å². The van der Waals surface area contributed by atoms with Crippen molar-refractivity contribution in [1.29, 1.82) is 0 Å². The number of aliphatic carboxylic acids is 1. The van der Waals surface area contributed by atoms with Crippen LogP contribution in [-0.4, -0.2) is 99.7 Å². The first kappa shape index (κ1) is 35.2. The van der Waals surface area contributed by atoms with Gasteiger partial charge < -0.3 is 44.8 Å². The van der Waals surface area contributed by atoms with E-state index in [-0.39, 0.29) is 47.8 Å². The molecule has 47 heavy (non-hydrogen) atoms. The predicted molar refractivity (Wildman–Crippen MR) is 168 cm³/mol. The average Bonchev–Trinajstić information content (AvgIpc) is 3.02. The monoisotopic (exact) mass is 664 g/mol. The van der Waals surface area contributed by atoms with Crippen LogP contribution in [0.3, 0.4) is 0 Å². The van der Waals surface area contributed by atoms with E-state index in [0.29, 0.717) is 38.5 Å². The summed E-state index contributed by atoms with van der Waals surface area (Å²) in [6.45, 7) is 10.2. The molecule has 0 aromatic carbocycles. The number of rotatable bonds is 5. The quantitative estimate of drug-likeness (QED) is 0.144. The molecule has 0 aromatic heterocycles. The molecule has 6 N–H and O–H groups in total. The van der Waals surface area contributed by atoms with Crippen molar-refractivity contribution in [3.05, 3.63) is 11.6 Å². The van der Waals surface area contributed by atoms with E-state index in [1.165, 1.54) is 7.11 Å². The van der Waals surface area contributed by atoms with E-state index in [2.05, 4.69) is 26.8 Å². The zero-order valence-corrected chi connectivity index (χ0v) is 28.8. The number of hydrogen-bond donors (Lipinski definition) is 6. The van der Waals surface area contributed by atoms with Crippen LogP contribution in [0.5, 0.6) is 0 Å². The highest BCUT2D eigenvalue weighted by atomic mass is 16.7. The molecule has 5 aliphatic carbocycles. The Morgan fingerprint density at radius 3 is 2.23 bits per heavy atom. The zero-order chi connectivity index (χ0) is 34.5. The molecule has 0 bridgehead atoms. The maximum Gasteiger partial charge on any atom is 0.311 e. The Bertz CT molecular complexity index is 1300. The lowest BCUT2D eigenvalue weighted by Gasteiger charge is -2.71. The van der Waals surface area contributed by atoms with Crippen LogP contribution in [0.15, 0.2) is 11.6 Å². The second-order valence-electron chi connectivity index (χ2n) is 17.3. The molecular weight excluding hydrogens is 608 g/mol. The second-order valence-corrected chi connectivity index (χ2v) is 17.3. The number of carbonyl (C=O) groups is 2. The van der Waals surface area contributed by atoms with E-state index in [4.69, 9.17) is 14.2 Å². The summed E-state index contributed by atoms with van der Waals surface area (Å²) in [7, 11) is 1.40. The summed E-state index contributed by atoms with van der Waals surface area (Å²) < 4.78 is 17.0. The van der Waals surface area contributed by atoms with Crippen molar-refractivity contribution >= 4 is 11.9 Å². The van der Waals surface area contributed by atoms with Crippen LogP contribution in [0.1, 0.15) is 92.4 Å². The van der Waals surface area contributed by atoms with Crippen LogP contribution in [-0.2, 0) is 23.8 Å². The van der Waals surface area contributed by atoms with Gasteiger partial charge in [0.15, 0.2) is 6.29 Å². The SMILES string of the molecule is COC(=O)[C@@]1(C)CC[C@]2(C(=O)O)CC[C@]3(C)C(=CC[C@@H]4[C@@]5(C)C[C@H](O)[C@H](O[C@H]6OC[C@H](O)[C@@H](O)[C@@H]6O)[C@@](C)(CO)[C@H]5CC[C@]43C)[C@@H]2C1. The maximum atomic E-state index is 13.1. The van der Waals surface area contributed by atoms with Gasteiger partial charge in [-0.25, -0.2) is 0 Å². The van der Waals surface area contributed by atoms with Gasteiger partial charge in [0.1, 0.15) is 18.3 Å². The summed E-state index contributed by atoms with van der Waals surface area (Å²) in [5, 5.41) is 64.3. The molecule has 15 atom stereocenters. The fourth-order valence-electron chi connectivity index (χ4n) is 12.3. The van der Waals surface area contributed by atoms with Gasteiger partial charge in [-0.2, -0.15) is 0 Å². The maximum absolute atomic E-state index is 13.1. The zero-order valence-electron chi connectivity index (χ0n) is 28.8. The van der Waals surface area contributed by atoms with E-state index < -0.39 is 64.4 Å². The fraction of sp³-hybridized carbons (Fsp3) is 0.889. The number of fused-ring (bicyclic) bond motifs is 7. The minimum absolute atomic E-state index is 0.0553. The lowest BCUT2D eigenvalue weighted by atomic mass is 9.33. The molecule has 0 spiro atoms. The van der Waals surface area contributed by atoms with Gasteiger partial charge in [-0.3, -0.25) is 9.59 Å². The molecule has 1 heterocycles. The summed E-state index contributed by atoms with van der Waals surface area (Å²) in [6, 6.07) is 0. The van der Waals surface area contributed by atoms with Gasteiger partial charge in [0.2, 0.25) is 0 Å². The predicted octanol–water partition coefficient (Wildman–Crippen LogP) is 2.79. The van der Waals surface area contributed by atoms with Crippen LogP contribution in [0.25, 0.3) is 0 Å². The number of carboxylic acid groups (broad SMARTS) is 1. The molecule has 266 valence electrons. The van der Waals surface area contributed by atoms with Crippen molar-refractivity contribution in [2.24, 2.45) is 50.2 Å². The van der Waals surface area contributed by atoms with Crippen molar-refractivity contribution in [3.63, 3.8) is 0 Å². The minimum Gasteiger partial charge on any atom is -0.481 e. The summed E-state index contributed by atoms with van der Waals surface area (Å²) in [6.07, 6.45) is 0.204. The number of carbonyl (C=O) groups excluding carboxylic acids is 1. The van der Waals surface area contributed by atoms with Gasteiger partial charge in [0.05, 0.1) is 43.4 Å². The molecule has 4 saturated carbocycles. The van der Waals surface area contributed by atoms with E-state index in [0.717, 1.165) is 24.8 Å². The number of allylic oxidation sites excluding steroid dienone is 2. The fourth-order valence-corrected chi connectivity index (χ4v) is 12.3. The van der Waals surface area contributed by atoms with Gasteiger partial charge in [0, 0.05) is 5.41 Å². The molecule has 6 aliphatic rings. The van der Waals surface area contributed by atoms with Crippen molar-refractivity contribution in [3.8, 4) is 0 Å². The highest BCUT2D eigenvalue weighted by Gasteiger charge is 2.71. The number of aliphatic hydroxyl groups is 5. The van der Waals surface area contributed by atoms with Gasteiger partial charge in [0.25, 0.3) is 0 Å². The number of hydrogen-bond acceptors (Lipinski definition) is 10. The Morgan fingerprint density at radius 1 is 0.915 bits per heavy atom. The molecule has 6 rings (SSSR count). The summed E-state index contributed by atoms with van der Waals surface area (Å²) in [4.78, 5) is 26.1. The van der Waals surface area contributed by atoms with Gasteiger partial charge in [-0.05, 0) is 98.7 Å². The summed E-state index contributed by atoms with van der Waals surface area (Å²) >= 11 is 0. The van der Waals surface area contributed by atoms with Crippen LogP contribution >= 0.6 is 0 Å². The van der Waals surface area contributed by atoms with E-state index >= 15 is 0 Å². The van der Waals surface area contributed by atoms with Crippen molar-refractivity contribution in [1.82, 2.24) is 0 Å². The lowest BCUT2D eigenvalue weighted by molar-refractivity contribution is -0.328. The third-order valence-corrected chi connectivity index (χ3v) is 15.3. The molecule has 1 saturated heterocycles. The first-order chi connectivity index (χ1) is 21.9. The molecule has 0 amide bonds. The standard InChI is InChI=1S/C36H56O11/c1-31(30(44)45-6)11-13-36(29(42)43)14-12-34(4)19(20(36)15-31)7-8-24-32(2)16-21(38)27(47-28-26(41)25(40)22(39)17-46-28)33(3,18-37)23(32)9-10-35(24,34)5/h7,20-28,37-41H,8-18H2,1-6H3,(H,42,43)/t20-,21-,22-,23-,24+,25+,26-,27-,28+,31-,32-,33-,34+,35+,36-/m0/s1. The Balaban J connectivity index is 1.35. The second kappa shape index (κ2) is 11.5. The molecule has 0 radical (unpaired) electrons. The first-order valence-corrected chi connectivity index (χ1v) is 17.5. The number of methoxy groups -OCH3 is 1. The molecule has 0 aromatic rings. The normalized spacial score (nSPS) is 54.2. The Morgan fingerprint density at radius 2 is 1.60 bits per heavy atom. The molecule has 11 heteroatoms. The molecule has 11 nitrogen and oxygen atoms in total. The van der Waals surface area contributed by atoms with Crippen LogP contribution in [0.4, 0.5) is 0 Å². The number of esters is 1. The van der Waals surface area contributed by atoms with Gasteiger partial charge in [-0.1, -0.05) is 39.3 Å². The van der Waals surface area contributed by atoms with E-state index in [1.54, 1.807) is 0 Å². The van der Waals surface area contributed by atoms with Gasteiger partial charge in [-0.15, -0.1) is 0 Å². The molecule has 5 fully saturated rings. The number of aliphatic hydroxyl groups excluding tert-OH is 5. The molecule has 0 unspecified atom stereocenters. The largest absolute Gasteiger partial charge is 0.481 e. The number of ether oxygens (including phenoxy) is 3. The first-order valence-electron chi connectivity index (χ1n) is 17.5. The van der Waals surface area contributed by atoms with Crippen LogP contribution in [0.2, 0.25) is 0 Å². The molecule has 1 aliphatic heterocycles. The number of carboxylic acids is 1. The Labute approximate surface area is 277 Å². The third-order valence-electron chi connectivity index (χ3n) is 15.3. The van der Waals surface area contributed by atoms with Crippen LogP contribution in [0, 0.1) is 50.2 Å². The molecular formula is C36H56O11. The average molecular weight is 665 g/mol. The highest BCUT2D eigenvalue weighted by Crippen LogP contribution is 2.76. The lowest BCUT2D eigenvalue weighted by Crippen LogP contribution is -2.69. The topological polar surface area (TPSA) is 183 Å².